The topological polar surface area (TPSA) is 96.9 Å². The van der Waals surface area contributed by atoms with E-state index in [4.69, 9.17) is 16.3 Å². The Labute approximate surface area is 150 Å². The Morgan fingerprint density at radius 1 is 1.20 bits per heavy atom. The van der Waals surface area contributed by atoms with E-state index in [1.807, 2.05) is 0 Å². The minimum atomic E-state index is -3.80. The van der Waals surface area contributed by atoms with E-state index in [-0.39, 0.29) is 4.90 Å². The van der Waals surface area contributed by atoms with Crippen molar-refractivity contribution < 1.29 is 17.9 Å². The first-order valence-electron chi connectivity index (χ1n) is 7.12. The summed E-state index contributed by atoms with van der Waals surface area (Å²) in [5.41, 5.74) is 2.92. The summed E-state index contributed by atoms with van der Waals surface area (Å²) in [5, 5.41) is 4.20. The Morgan fingerprint density at radius 3 is 2.56 bits per heavy atom. The van der Waals surface area contributed by atoms with Crippen LogP contribution in [0.5, 0.6) is 5.75 Å². The fraction of sp³-hybridized carbons (Fsp3) is 0.125. The maximum absolute atomic E-state index is 12.0. The normalized spacial score (nSPS) is 11.4. The number of halogens is 1. The second-order valence-electron chi connectivity index (χ2n) is 4.81. The molecule has 7 nitrogen and oxygen atoms in total. The first kappa shape index (κ1) is 18.9. The second kappa shape index (κ2) is 8.61. The van der Waals surface area contributed by atoms with Gasteiger partial charge in [-0.3, -0.25) is 4.79 Å². The van der Waals surface area contributed by atoms with Gasteiger partial charge < -0.3 is 4.74 Å². The number of benzene rings is 2. The van der Waals surface area contributed by atoms with Crippen LogP contribution in [0.4, 0.5) is 0 Å². The molecule has 0 aliphatic rings. The number of carbonyl (C=O) groups is 1. The zero-order chi connectivity index (χ0) is 18.3. The molecule has 132 valence electrons. The number of methoxy groups -OCH3 is 1. The van der Waals surface area contributed by atoms with Crippen LogP contribution >= 0.6 is 11.6 Å². The minimum Gasteiger partial charge on any atom is -0.496 e. The molecule has 0 heterocycles. The zero-order valence-electron chi connectivity index (χ0n) is 13.3. The first-order valence-corrected chi connectivity index (χ1v) is 8.98. The summed E-state index contributed by atoms with van der Waals surface area (Å²) < 4.78 is 31.4. The van der Waals surface area contributed by atoms with Gasteiger partial charge in [-0.05, 0) is 36.4 Å². The summed E-state index contributed by atoms with van der Waals surface area (Å²) in [7, 11) is -2.28. The van der Waals surface area contributed by atoms with Crippen molar-refractivity contribution in [1.82, 2.24) is 10.1 Å². The Hall–Kier alpha value is -2.42. The van der Waals surface area contributed by atoms with E-state index >= 15 is 0 Å². The predicted octanol–water partition coefficient (Wildman–Crippen LogP) is 1.78. The quantitative estimate of drug-likeness (QED) is 0.564. The van der Waals surface area contributed by atoms with Crippen LogP contribution < -0.4 is 14.9 Å². The van der Waals surface area contributed by atoms with Gasteiger partial charge in [-0.1, -0.05) is 23.7 Å². The van der Waals surface area contributed by atoms with Crippen molar-refractivity contribution in [2.24, 2.45) is 5.10 Å². The average molecular weight is 382 g/mol. The summed E-state index contributed by atoms with van der Waals surface area (Å²) in [6, 6.07) is 12.7. The molecule has 2 N–H and O–H groups in total. The van der Waals surface area contributed by atoms with E-state index in [1.165, 1.54) is 37.6 Å². The van der Waals surface area contributed by atoms with Crippen molar-refractivity contribution in [1.29, 1.82) is 0 Å². The van der Waals surface area contributed by atoms with Gasteiger partial charge in [-0.2, -0.15) is 5.10 Å². The first-order chi connectivity index (χ1) is 11.9. The van der Waals surface area contributed by atoms with Crippen LogP contribution in [0.15, 0.2) is 58.5 Å². The predicted molar refractivity (Wildman–Crippen MR) is 95.4 cm³/mol. The third-order valence-corrected chi connectivity index (χ3v) is 4.75. The van der Waals surface area contributed by atoms with Crippen LogP contribution in [0.3, 0.4) is 0 Å². The largest absolute Gasteiger partial charge is 0.496 e. The van der Waals surface area contributed by atoms with Crippen LogP contribution in [0.1, 0.15) is 5.56 Å². The molecule has 0 unspecified atom stereocenters. The standard InChI is InChI=1S/C16H16ClN3O4S/c1-24-15-5-3-2-4-12(15)10-18-20-16(21)11-19-25(22,23)14-8-6-13(17)7-9-14/h2-10,19H,11H2,1H3,(H,20,21). The highest BCUT2D eigenvalue weighted by atomic mass is 35.5. The Balaban J connectivity index is 1.90. The molecule has 25 heavy (non-hydrogen) atoms. The Kier molecular flexibility index (Phi) is 6.51. The molecule has 2 aromatic rings. The molecule has 0 aromatic heterocycles. The third kappa shape index (κ3) is 5.56. The third-order valence-electron chi connectivity index (χ3n) is 3.08. The second-order valence-corrected chi connectivity index (χ2v) is 7.02. The Bertz CT molecular complexity index is 867. The molecule has 0 aliphatic carbocycles. The van der Waals surface area contributed by atoms with Crippen LogP contribution in [-0.2, 0) is 14.8 Å². The van der Waals surface area contributed by atoms with Crippen LogP contribution in [0.2, 0.25) is 5.02 Å². The van der Waals surface area contributed by atoms with E-state index < -0.39 is 22.5 Å². The van der Waals surface area contributed by atoms with Gasteiger partial charge in [0.25, 0.3) is 5.91 Å². The maximum Gasteiger partial charge on any atom is 0.255 e. The van der Waals surface area contributed by atoms with Crippen molar-refractivity contribution in [2.75, 3.05) is 13.7 Å². The number of hydrogen-bond acceptors (Lipinski definition) is 5. The van der Waals surface area contributed by atoms with E-state index in [0.29, 0.717) is 16.3 Å². The molecule has 9 heteroatoms. The lowest BCUT2D eigenvalue weighted by Gasteiger charge is -2.06. The lowest BCUT2D eigenvalue weighted by Crippen LogP contribution is -2.34. The molecule has 0 saturated carbocycles. The Morgan fingerprint density at radius 2 is 1.88 bits per heavy atom. The number of para-hydroxylation sites is 1. The highest BCUT2D eigenvalue weighted by molar-refractivity contribution is 7.89. The van der Waals surface area contributed by atoms with Crippen LogP contribution in [0.25, 0.3) is 0 Å². The van der Waals surface area contributed by atoms with Crippen LogP contribution in [-0.4, -0.2) is 34.2 Å². The van der Waals surface area contributed by atoms with Gasteiger partial charge in [0.2, 0.25) is 10.0 Å². The number of nitrogens with one attached hydrogen (secondary N) is 2. The van der Waals surface area contributed by atoms with Gasteiger partial charge in [0.05, 0.1) is 24.8 Å². The van der Waals surface area contributed by atoms with E-state index in [0.717, 1.165) is 0 Å². The summed E-state index contributed by atoms with van der Waals surface area (Å²) in [5.74, 6) is -0.00683. The molecule has 0 bridgehead atoms. The van der Waals surface area contributed by atoms with Crippen molar-refractivity contribution in [3.05, 3.63) is 59.1 Å². The van der Waals surface area contributed by atoms with Gasteiger partial charge in [0.15, 0.2) is 0 Å². The molecule has 0 saturated heterocycles. The number of sulfonamides is 1. The highest BCUT2D eigenvalue weighted by Gasteiger charge is 2.15. The highest BCUT2D eigenvalue weighted by Crippen LogP contribution is 2.15. The molecular formula is C16H16ClN3O4S. The van der Waals surface area contributed by atoms with Gasteiger partial charge >= 0.3 is 0 Å². The van der Waals surface area contributed by atoms with E-state index in [9.17, 15) is 13.2 Å². The summed E-state index contributed by atoms with van der Waals surface area (Å²) in [6.07, 6.45) is 1.41. The van der Waals surface area contributed by atoms with Crippen LogP contribution in [0, 0.1) is 0 Å². The molecule has 2 aromatic carbocycles. The van der Waals surface area contributed by atoms with Crippen molar-refractivity contribution in [3.63, 3.8) is 0 Å². The smallest absolute Gasteiger partial charge is 0.255 e. The molecule has 0 fully saturated rings. The summed E-state index contributed by atoms with van der Waals surface area (Å²) in [6.45, 7) is -0.450. The number of rotatable bonds is 7. The van der Waals surface area contributed by atoms with Gasteiger partial charge in [0.1, 0.15) is 5.75 Å². The number of nitrogens with zero attached hydrogens (tertiary/aromatic N) is 1. The monoisotopic (exact) mass is 381 g/mol. The molecule has 2 rings (SSSR count). The number of hydrogen-bond donors (Lipinski definition) is 2. The fourth-order valence-electron chi connectivity index (χ4n) is 1.84. The van der Waals surface area contributed by atoms with Gasteiger partial charge in [-0.15, -0.1) is 0 Å². The number of ether oxygens (including phenoxy) is 1. The van der Waals surface area contributed by atoms with E-state index in [2.05, 4.69) is 15.2 Å². The number of amides is 1. The lowest BCUT2D eigenvalue weighted by molar-refractivity contribution is -0.119. The number of carbonyl (C=O) groups excluding carboxylic acids is 1. The summed E-state index contributed by atoms with van der Waals surface area (Å²) >= 11 is 5.71. The fourth-order valence-corrected chi connectivity index (χ4v) is 2.95. The van der Waals surface area contributed by atoms with E-state index in [1.54, 1.807) is 24.3 Å². The van der Waals surface area contributed by atoms with Crippen molar-refractivity contribution >= 4 is 33.7 Å². The lowest BCUT2D eigenvalue weighted by atomic mass is 10.2. The summed E-state index contributed by atoms with van der Waals surface area (Å²) in [4.78, 5) is 11.7. The molecule has 0 spiro atoms. The molecule has 1 amide bonds. The molecule has 0 aliphatic heterocycles. The van der Waals surface area contributed by atoms with Crippen molar-refractivity contribution in [2.45, 2.75) is 4.90 Å². The number of hydrazone groups is 1. The molecule has 0 radical (unpaired) electrons. The van der Waals surface area contributed by atoms with Gasteiger partial charge in [-0.25, -0.2) is 18.6 Å². The van der Waals surface area contributed by atoms with Crippen molar-refractivity contribution in [3.8, 4) is 5.75 Å². The molecule has 0 atom stereocenters. The van der Waals surface area contributed by atoms with Gasteiger partial charge in [0, 0.05) is 10.6 Å². The molecular weight excluding hydrogens is 366 g/mol. The average Bonchev–Trinajstić information content (AvgIpc) is 2.61. The minimum absolute atomic E-state index is 0.0159. The SMILES string of the molecule is COc1ccccc1C=NNC(=O)CNS(=O)(=O)c1ccc(Cl)cc1. The maximum atomic E-state index is 12.0. The zero-order valence-corrected chi connectivity index (χ0v) is 14.8.